The molecule has 2 amide bonds. The number of H-pyrrole nitrogens is 1. The van der Waals surface area contributed by atoms with Crippen LogP contribution in [0.2, 0.25) is 0 Å². The summed E-state index contributed by atoms with van der Waals surface area (Å²) in [5, 5.41) is 11.8. The van der Waals surface area contributed by atoms with Gasteiger partial charge in [-0.1, -0.05) is 12.1 Å². The Morgan fingerprint density at radius 3 is 2.42 bits per heavy atom. The number of anilines is 1. The van der Waals surface area contributed by atoms with E-state index in [1.807, 2.05) is 0 Å². The fraction of sp³-hybridized carbons (Fsp3) is 0.200. The number of amides is 2. The quantitative estimate of drug-likeness (QED) is 0.571. The highest BCUT2D eigenvalue weighted by atomic mass is 19.4. The lowest BCUT2D eigenvalue weighted by Gasteiger charge is -2.13. The second kappa shape index (κ2) is 8.09. The number of hydrogen-bond donors (Lipinski definition) is 3. The summed E-state index contributed by atoms with van der Waals surface area (Å²) >= 11 is 0. The van der Waals surface area contributed by atoms with Crippen LogP contribution in [0.3, 0.4) is 0 Å². The number of rotatable bonds is 5. The third-order valence-corrected chi connectivity index (χ3v) is 4.42. The molecule has 2 aromatic carbocycles. The van der Waals surface area contributed by atoms with E-state index >= 15 is 0 Å². The number of halogens is 3. The zero-order chi connectivity index (χ0) is 22.9. The van der Waals surface area contributed by atoms with Crippen molar-refractivity contribution in [1.29, 1.82) is 0 Å². The van der Waals surface area contributed by atoms with E-state index in [0.29, 0.717) is 0 Å². The average molecular weight is 434 g/mol. The number of aromatic carboxylic acids is 1. The molecule has 8 nitrogen and oxygen atoms in total. The van der Waals surface area contributed by atoms with Crippen molar-refractivity contribution in [3.05, 3.63) is 58.9 Å². The van der Waals surface area contributed by atoms with Gasteiger partial charge in [0.1, 0.15) is 11.3 Å². The number of carbonyl (C=O) groups excluding carboxylic acids is 2. The van der Waals surface area contributed by atoms with Crippen LogP contribution in [0.4, 0.5) is 18.9 Å². The number of carboxylic acid groups (broad SMARTS) is 1. The van der Waals surface area contributed by atoms with Crippen molar-refractivity contribution in [2.45, 2.75) is 12.6 Å². The number of carboxylic acids is 1. The molecule has 0 aliphatic heterocycles. The molecule has 3 rings (SSSR count). The first-order valence-corrected chi connectivity index (χ1v) is 8.91. The van der Waals surface area contributed by atoms with E-state index in [0.717, 1.165) is 24.3 Å². The molecule has 31 heavy (non-hydrogen) atoms. The Morgan fingerprint density at radius 1 is 1.13 bits per heavy atom. The molecule has 0 saturated heterocycles. The molecule has 3 N–H and O–H groups in total. The molecule has 162 valence electrons. The van der Waals surface area contributed by atoms with Gasteiger partial charge in [-0.2, -0.15) is 13.2 Å². The number of carbonyl (C=O) groups is 3. The van der Waals surface area contributed by atoms with Gasteiger partial charge < -0.3 is 20.3 Å². The van der Waals surface area contributed by atoms with E-state index in [-0.39, 0.29) is 40.4 Å². The highest BCUT2D eigenvalue weighted by molar-refractivity contribution is 6.08. The molecule has 1 heterocycles. The molecule has 11 heteroatoms. The Labute approximate surface area is 173 Å². The Hall–Kier alpha value is -3.89. The van der Waals surface area contributed by atoms with Crippen LogP contribution in [0.5, 0.6) is 0 Å². The molecule has 0 saturated carbocycles. The smallest absolute Gasteiger partial charge is 0.417 e. The van der Waals surface area contributed by atoms with Crippen molar-refractivity contribution in [1.82, 2.24) is 14.9 Å². The number of likely N-dealkylation sites (N-methyl/N-ethyl adjacent to an activating group) is 1. The first-order valence-electron chi connectivity index (χ1n) is 8.91. The number of aromatic nitrogens is 2. The van der Waals surface area contributed by atoms with Crippen molar-refractivity contribution in [3.8, 4) is 0 Å². The molecule has 0 aliphatic rings. The van der Waals surface area contributed by atoms with Crippen LogP contribution < -0.4 is 5.32 Å². The summed E-state index contributed by atoms with van der Waals surface area (Å²) in [5.74, 6) is -2.46. The predicted molar refractivity (Wildman–Crippen MR) is 105 cm³/mol. The van der Waals surface area contributed by atoms with Gasteiger partial charge in [0.15, 0.2) is 0 Å². The van der Waals surface area contributed by atoms with E-state index in [2.05, 4.69) is 15.3 Å². The molecule has 3 aromatic rings. The van der Waals surface area contributed by atoms with Gasteiger partial charge in [0.2, 0.25) is 5.91 Å². The van der Waals surface area contributed by atoms with Gasteiger partial charge in [-0.15, -0.1) is 0 Å². The van der Waals surface area contributed by atoms with Gasteiger partial charge in [-0.3, -0.25) is 9.59 Å². The summed E-state index contributed by atoms with van der Waals surface area (Å²) in [6, 6.07) is 6.69. The number of fused-ring (bicyclic) bond motifs is 1. The van der Waals surface area contributed by atoms with E-state index < -0.39 is 29.2 Å². The van der Waals surface area contributed by atoms with Gasteiger partial charge in [0.05, 0.1) is 28.6 Å². The van der Waals surface area contributed by atoms with Crippen LogP contribution in [0.1, 0.15) is 32.1 Å². The van der Waals surface area contributed by atoms with Gasteiger partial charge in [0.25, 0.3) is 5.91 Å². The van der Waals surface area contributed by atoms with Crippen molar-refractivity contribution < 1.29 is 32.7 Å². The normalized spacial score (nSPS) is 11.4. The molecule has 1 aromatic heterocycles. The standard InChI is InChI=1S/C20H17F3N4O4/c1-27(2)16(28)9-15-25-14-8-10(7-12(19(30)31)17(14)26-15)24-18(29)11-5-3-4-6-13(11)20(21,22)23/h3-8H,9H2,1-2H3,(H,24,29)(H,25,26)(H,30,31). The second-order valence-corrected chi connectivity index (χ2v) is 6.87. The minimum absolute atomic E-state index is 0.0407. The summed E-state index contributed by atoms with van der Waals surface area (Å²) in [5.41, 5.74) is -1.77. The summed E-state index contributed by atoms with van der Waals surface area (Å²) in [6.45, 7) is 0. The van der Waals surface area contributed by atoms with E-state index in [4.69, 9.17) is 0 Å². The Kier molecular flexibility index (Phi) is 5.69. The lowest BCUT2D eigenvalue weighted by Crippen LogP contribution is -2.23. The van der Waals surface area contributed by atoms with Crippen LogP contribution in [0.25, 0.3) is 11.0 Å². The fourth-order valence-electron chi connectivity index (χ4n) is 2.92. The van der Waals surface area contributed by atoms with Crippen molar-refractivity contribution in [2.24, 2.45) is 0 Å². The van der Waals surface area contributed by atoms with Crippen LogP contribution in [0, 0.1) is 0 Å². The van der Waals surface area contributed by atoms with Crippen molar-refractivity contribution in [3.63, 3.8) is 0 Å². The lowest BCUT2D eigenvalue weighted by molar-refractivity contribution is -0.138. The van der Waals surface area contributed by atoms with E-state index in [9.17, 15) is 32.7 Å². The fourth-order valence-corrected chi connectivity index (χ4v) is 2.92. The number of nitrogens with one attached hydrogen (secondary N) is 2. The predicted octanol–water partition coefficient (Wildman–Crippen LogP) is 3.16. The van der Waals surface area contributed by atoms with Crippen LogP contribution in [-0.2, 0) is 17.4 Å². The van der Waals surface area contributed by atoms with Gasteiger partial charge in [-0.25, -0.2) is 9.78 Å². The third kappa shape index (κ3) is 4.65. The number of alkyl halides is 3. The Morgan fingerprint density at radius 2 is 1.81 bits per heavy atom. The molecule has 0 unspecified atom stereocenters. The maximum atomic E-state index is 13.2. The zero-order valence-electron chi connectivity index (χ0n) is 16.4. The first kappa shape index (κ1) is 21.8. The van der Waals surface area contributed by atoms with Gasteiger partial charge in [0, 0.05) is 19.8 Å². The van der Waals surface area contributed by atoms with Gasteiger partial charge in [-0.05, 0) is 24.3 Å². The van der Waals surface area contributed by atoms with Gasteiger partial charge >= 0.3 is 12.1 Å². The van der Waals surface area contributed by atoms with Crippen LogP contribution in [0.15, 0.2) is 36.4 Å². The molecule has 0 spiro atoms. The van der Waals surface area contributed by atoms with Crippen molar-refractivity contribution in [2.75, 3.05) is 19.4 Å². The highest BCUT2D eigenvalue weighted by Gasteiger charge is 2.35. The SMILES string of the molecule is CN(C)C(=O)Cc1nc2c(C(=O)O)cc(NC(=O)c3ccccc3C(F)(F)F)cc2[nH]1. The number of nitrogens with zero attached hydrogens (tertiary/aromatic N) is 2. The Bertz CT molecular complexity index is 1180. The molecule has 0 radical (unpaired) electrons. The minimum atomic E-state index is -4.73. The highest BCUT2D eigenvalue weighted by Crippen LogP contribution is 2.32. The largest absolute Gasteiger partial charge is 0.478 e. The van der Waals surface area contributed by atoms with Crippen LogP contribution >= 0.6 is 0 Å². The van der Waals surface area contributed by atoms with E-state index in [1.54, 1.807) is 14.1 Å². The molecule has 0 fully saturated rings. The molecule has 0 atom stereocenters. The maximum absolute atomic E-state index is 13.2. The zero-order valence-corrected chi connectivity index (χ0v) is 16.4. The van der Waals surface area contributed by atoms with E-state index in [1.165, 1.54) is 17.0 Å². The summed E-state index contributed by atoms with van der Waals surface area (Å²) in [7, 11) is 3.11. The molecule has 0 aliphatic carbocycles. The number of benzene rings is 2. The number of aromatic amines is 1. The summed E-state index contributed by atoms with van der Waals surface area (Å²) in [4.78, 5) is 44.3. The minimum Gasteiger partial charge on any atom is -0.478 e. The maximum Gasteiger partial charge on any atom is 0.417 e. The number of imidazole rings is 1. The second-order valence-electron chi connectivity index (χ2n) is 6.87. The summed E-state index contributed by atoms with van der Waals surface area (Å²) < 4.78 is 39.6. The molecule has 0 bridgehead atoms. The monoisotopic (exact) mass is 434 g/mol. The number of hydrogen-bond acceptors (Lipinski definition) is 4. The molecular formula is C20H17F3N4O4. The molecular weight excluding hydrogens is 417 g/mol. The lowest BCUT2D eigenvalue weighted by atomic mass is 10.1. The van der Waals surface area contributed by atoms with Crippen molar-refractivity contribution >= 4 is 34.5 Å². The first-order chi connectivity index (χ1) is 14.5. The van der Waals surface area contributed by atoms with Crippen LogP contribution in [-0.4, -0.2) is 51.9 Å². The summed E-state index contributed by atoms with van der Waals surface area (Å²) in [6.07, 6.45) is -4.84. The third-order valence-electron chi connectivity index (χ3n) is 4.42. The average Bonchev–Trinajstić information content (AvgIpc) is 3.08. The topological polar surface area (TPSA) is 115 Å². The Balaban J connectivity index is 1.99.